The van der Waals surface area contributed by atoms with Gasteiger partial charge in [0.15, 0.2) is 5.75 Å². The Bertz CT molecular complexity index is 1270. The molecule has 0 aromatic heterocycles. The molecule has 0 aliphatic carbocycles. The Morgan fingerprint density at radius 1 is 0.741 bits per heavy atom. The first-order chi connectivity index (χ1) is 12.6. The summed E-state index contributed by atoms with van der Waals surface area (Å²) in [4.78, 5) is -0.768. The first-order valence-corrected chi connectivity index (χ1v) is 10.2. The zero-order chi connectivity index (χ0) is 19.8. The van der Waals surface area contributed by atoms with Crippen LogP contribution in [0, 0.1) is 0 Å². The van der Waals surface area contributed by atoms with Crippen molar-refractivity contribution in [2.75, 3.05) is 0 Å². The molecule has 0 bridgehead atoms. The minimum absolute atomic E-state index is 0.119. The van der Waals surface area contributed by atoms with E-state index >= 15 is 0 Å². The van der Waals surface area contributed by atoms with Crippen molar-refractivity contribution in [1.29, 1.82) is 0 Å². The van der Waals surface area contributed by atoms with Crippen LogP contribution in [0.5, 0.6) is 5.75 Å². The molecule has 0 heterocycles. The molecule has 0 radical (unpaired) electrons. The third kappa shape index (κ3) is 3.95. The quantitative estimate of drug-likeness (QED) is 0.441. The van der Waals surface area contributed by atoms with E-state index in [0.29, 0.717) is 0 Å². The summed E-state index contributed by atoms with van der Waals surface area (Å²) in [6, 6.07) is 11.7. The Morgan fingerprint density at radius 3 is 1.89 bits per heavy atom. The zero-order valence-electron chi connectivity index (χ0n) is 13.4. The number of benzene rings is 3. The Hall–Kier alpha value is -2.86. The molecule has 3 rings (SSSR count). The van der Waals surface area contributed by atoms with Crippen LogP contribution >= 0.6 is 0 Å². The van der Waals surface area contributed by atoms with Crippen molar-refractivity contribution in [3.05, 3.63) is 54.6 Å². The van der Waals surface area contributed by atoms with Gasteiger partial charge in [0.1, 0.15) is 10.6 Å². The average Bonchev–Trinajstić information content (AvgIpc) is 2.60. The van der Waals surface area contributed by atoms with Crippen molar-refractivity contribution in [2.24, 2.45) is 10.2 Å². The molecule has 3 aromatic carbocycles. The van der Waals surface area contributed by atoms with Gasteiger partial charge in [-0.3, -0.25) is 9.11 Å². The Morgan fingerprint density at radius 2 is 1.33 bits per heavy atom. The van der Waals surface area contributed by atoms with Crippen LogP contribution in [0.3, 0.4) is 0 Å². The van der Waals surface area contributed by atoms with Gasteiger partial charge in [-0.25, -0.2) is 0 Å². The van der Waals surface area contributed by atoms with Crippen molar-refractivity contribution < 1.29 is 31.0 Å². The number of aromatic hydroxyl groups is 1. The van der Waals surface area contributed by atoms with Gasteiger partial charge < -0.3 is 5.11 Å². The van der Waals surface area contributed by atoms with Crippen molar-refractivity contribution in [1.82, 2.24) is 0 Å². The van der Waals surface area contributed by atoms with Crippen molar-refractivity contribution in [3.8, 4) is 5.75 Å². The lowest BCUT2D eigenvalue weighted by molar-refractivity contribution is 0.479. The highest BCUT2D eigenvalue weighted by Gasteiger charge is 2.19. The van der Waals surface area contributed by atoms with Crippen LogP contribution < -0.4 is 0 Å². The van der Waals surface area contributed by atoms with E-state index in [1.54, 1.807) is 12.1 Å². The Kier molecular flexibility index (Phi) is 4.70. The molecule has 3 aromatic rings. The maximum Gasteiger partial charge on any atom is 0.295 e. The highest BCUT2D eigenvalue weighted by molar-refractivity contribution is 7.86. The number of nitrogens with zero attached hydrogens (tertiary/aromatic N) is 2. The van der Waals surface area contributed by atoms with Gasteiger partial charge in [-0.15, -0.1) is 5.11 Å². The summed E-state index contributed by atoms with van der Waals surface area (Å²) in [5.74, 6) is -0.337. The van der Waals surface area contributed by atoms with E-state index in [1.807, 2.05) is 0 Å². The number of phenolic OH excluding ortho intramolecular Hbond substituents is 1. The molecule has 0 aliphatic rings. The summed E-state index contributed by atoms with van der Waals surface area (Å²) in [5.41, 5.74) is -0.0245. The molecule has 3 N–H and O–H groups in total. The van der Waals surface area contributed by atoms with E-state index in [-0.39, 0.29) is 32.8 Å². The number of fused-ring (bicyclic) bond motifs is 1. The summed E-state index contributed by atoms with van der Waals surface area (Å²) in [6.07, 6.45) is 0. The predicted molar refractivity (Wildman–Crippen MR) is 95.9 cm³/mol. The third-order valence-corrected chi connectivity index (χ3v) is 5.41. The lowest BCUT2D eigenvalue weighted by Gasteiger charge is -2.08. The molecule has 140 valence electrons. The van der Waals surface area contributed by atoms with Gasteiger partial charge in [-0.2, -0.15) is 21.9 Å². The smallest absolute Gasteiger partial charge is 0.295 e. The highest BCUT2D eigenvalue weighted by Crippen LogP contribution is 2.39. The van der Waals surface area contributed by atoms with E-state index in [2.05, 4.69) is 10.2 Å². The molecule has 0 aliphatic heterocycles. The maximum atomic E-state index is 11.6. The molecule has 0 saturated heterocycles. The molecule has 0 saturated carbocycles. The molecule has 9 nitrogen and oxygen atoms in total. The summed E-state index contributed by atoms with van der Waals surface area (Å²) >= 11 is 0. The van der Waals surface area contributed by atoms with Crippen LogP contribution in [-0.2, 0) is 20.2 Å². The van der Waals surface area contributed by atoms with Crippen LogP contribution in [0.4, 0.5) is 11.4 Å². The summed E-state index contributed by atoms with van der Waals surface area (Å²) in [6.45, 7) is 0. The van der Waals surface area contributed by atoms with Crippen molar-refractivity contribution in [2.45, 2.75) is 9.79 Å². The summed E-state index contributed by atoms with van der Waals surface area (Å²) in [5, 5.41) is 18.2. The number of phenols is 1. The number of rotatable bonds is 4. The molecule has 27 heavy (non-hydrogen) atoms. The second-order valence-electron chi connectivity index (χ2n) is 5.43. The number of azo groups is 1. The first kappa shape index (κ1) is 18.9. The molecule has 0 fully saturated rings. The topological polar surface area (TPSA) is 154 Å². The number of hydrogen-bond donors (Lipinski definition) is 3. The second-order valence-corrected chi connectivity index (χ2v) is 8.24. The Balaban J connectivity index is 2.10. The first-order valence-electron chi connectivity index (χ1n) is 7.29. The molecular formula is C16H12N2O7S2. The van der Waals surface area contributed by atoms with E-state index in [4.69, 9.17) is 4.55 Å². The maximum absolute atomic E-state index is 11.6. The second kappa shape index (κ2) is 6.70. The monoisotopic (exact) mass is 408 g/mol. The van der Waals surface area contributed by atoms with Crippen LogP contribution in [0.15, 0.2) is 74.6 Å². The highest BCUT2D eigenvalue weighted by atomic mass is 32.2. The van der Waals surface area contributed by atoms with Gasteiger partial charge in [-0.05, 0) is 30.3 Å². The minimum atomic E-state index is -4.58. The molecule has 0 amide bonds. The normalized spacial score (nSPS) is 12.7. The van der Waals surface area contributed by atoms with E-state index in [9.17, 15) is 26.5 Å². The van der Waals surface area contributed by atoms with Gasteiger partial charge in [-0.1, -0.05) is 24.3 Å². The summed E-state index contributed by atoms with van der Waals surface area (Å²) in [7, 11) is -8.93. The van der Waals surface area contributed by atoms with Crippen LogP contribution in [-0.4, -0.2) is 31.0 Å². The van der Waals surface area contributed by atoms with Gasteiger partial charge in [0, 0.05) is 10.8 Å². The third-order valence-electron chi connectivity index (χ3n) is 3.64. The van der Waals surface area contributed by atoms with Gasteiger partial charge in [0.25, 0.3) is 20.2 Å². The summed E-state index contributed by atoms with van der Waals surface area (Å²) < 4.78 is 63.7. The predicted octanol–water partition coefficient (Wildman–Crippen LogP) is 3.45. The molecule has 11 heteroatoms. The average molecular weight is 408 g/mol. The fourth-order valence-corrected chi connectivity index (χ4v) is 3.60. The zero-order valence-corrected chi connectivity index (χ0v) is 15.0. The standard InChI is InChI=1S/C16H12N2O7S2/c19-16-13-4-2-1-3-12(13)15(27(23,24)25)9-14(16)18-17-10-5-7-11(8-6-10)26(20,21)22/h1-9,19H,(H,20,21,22)(H,23,24,25). The van der Waals surface area contributed by atoms with Crippen LogP contribution in [0.1, 0.15) is 0 Å². The lowest BCUT2D eigenvalue weighted by atomic mass is 10.1. The fraction of sp³-hybridized carbons (Fsp3) is 0. The Labute approximate surface area is 154 Å². The van der Waals surface area contributed by atoms with E-state index in [1.165, 1.54) is 24.3 Å². The van der Waals surface area contributed by atoms with Crippen molar-refractivity contribution >= 4 is 42.4 Å². The SMILES string of the molecule is O=S(=O)(O)c1ccc(N=Nc2cc(S(=O)(=O)O)c3ccccc3c2O)cc1. The minimum Gasteiger partial charge on any atom is -0.505 e. The molecule has 0 unspecified atom stereocenters. The largest absolute Gasteiger partial charge is 0.505 e. The van der Waals surface area contributed by atoms with Crippen LogP contribution in [0.2, 0.25) is 0 Å². The molecule has 0 spiro atoms. The lowest BCUT2D eigenvalue weighted by Crippen LogP contribution is -1.99. The van der Waals surface area contributed by atoms with E-state index < -0.39 is 25.1 Å². The fourth-order valence-electron chi connectivity index (χ4n) is 2.40. The van der Waals surface area contributed by atoms with Gasteiger partial charge in [0.05, 0.1) is 10.6 Å². The number of hydrogen-bond acceptors (Lipinski definition) is 7. The van der Waals surface area contributed by atoms with Crippen molar-refractivity contribution in [3.63, 3.8) is 0 Å². The molecular weight excluding hydrogens is 396 g/mol. The van der Waals surface area contributed by atoms with E-state index in [0.717, 1.165) is 18.2 Å². The van der Waals surface area contributed by atoms with Gasteiger partial charge in [0.2, 0.25) is 0 Å². The van der Waals surface area contributed by atoms with Crippen LogP contribution in [0.25, 0.3) is 10.8 Å². The molecule has 0 atom stereocenters. The van der Waals surface area contributed by atoms with Gasteiger partial charge >= 0.3 is 0 Å².